The lowest BCUT2D eigenvalue weighted by molar-refractivity contribution is 0.636. The molecule has 1 aromatic carbocycles. The topological polar surface area (TPSA) is 71.8 Å². The van der Waals surface area contributed by atoms with Gasteiger partial charge < -0.3 is 10.7 Å². The minimum atomic E-state index is -0.126. The number of nitrogen functional groups attached to an aromatic ring is 1. The van der Waals surface area contributed by atoms with E-state index in [9.17, 15) is 4.79 Å². The predicted octanol–water partition coefficient (Wildman–Crippen LogP) is 2.64. The number of thioether (sulfide) groups is 1. The number of fused-ring (bicyclic) bond motifs is 1. The average Bonchev–Trinajstić information content (AvgIpc) is 2.37. The Morgan fingerprint density at radius 3 is 3.00 bits per heavy atom. The van der Waals surface area contributed by atoms with Crippen molar-refractivity contribution in [3.63, 3.8) is 0 Å². The number of benzene rings is 1. The number of anilines is 1. The summed E-state index contributed by atoms with van der Waals surface area (Å²) in [5.74, 6) is 1.57. The van der Waals surface area contributed by atoms with Gasteiger partial charge in [-0.2, -0.15) is 0 Å². The number of nitrogens with zero attached hydrogens (tertiary/aromatic N) is 1. The van der Waals surface area contributed by atoms with Gasteiger partial charge in [0.2, 0.25) is 0 Å². The van der Waals surface area contributed by atoms with E-state index in [0.29, 0.717) is 27.7 Å². The standard InChI is InChI=1S/C13H17N3OS/c1-3-8(2)7-18-13-15-11-5-4-9(14)6-10(11)12(17)16-13/h4-6,8H,3,7,14H2,1-2H3,(H,15,16,17). The Balaban J connectivity index is 2.32. The Bertz CT molecular complexity index is 609. The molecule has 2 aromatic rings. The second kappa shape index (κ2) is 5.44. The average molecular weight is 263 g/mol. The molecule has 0 amide bonds. The van der Waals surface area contributed by atoms with Gasteiger partial charge in [-0.15, -0.1) is 0 Å². The lowest BCUT2D eigenvalue weighted by atomic mass is 10.2. The number of nitrogens with two attached hydrogens (primary N) is 1. The van der Waals surface area contributed by atoms with Gasteiger partial charge in [-0.05, 0) is 24.1 Å². The van der Waals surface area contributed by atoms with Crippen molar-refractivity contribution in [3.8, 4) is 0 Å². The molecule has 1 unspecified atom stereocenters. The van der Waals surface area contributed by atoms with Gasteiger partial charge in [-0.1, -0.05) is 32.0 Å². The van der Waals surface area contributed by atoms with E-state index in [2.05, 4.69) is 23.8 Å². The molecule has 0 aliphatic carbocycles. The fourth-order valence-corrected chi connectivity index (χ4v) is 2.55. The van der Waals surface area contributed by atoms with E-state index in [4.69, 9.17) is 5.73 Å². The van der Waals surface area contributed by atoms with E-state index in [-0.39, 0.29) is 5.56 Å². The molecule has 0 saturated carbocycles. The van der Waals surface area contributed by atoms with Crippen molar-refractivity contribution in [1.82, 2.24) is 9.97 Å². The monoisotopic (exact) mass is 263 g/mol. The number of aromatic nitrogens is 2. The molecule has 18 heavy (non-hydrogen) atoms. The van der Waals surface area contributed by atoms with Gasteiger partial charge in [0.1, 0.15) is 0 Å². The van der Waals surface area contributed by atoms with Gasteiger partial charge in [0.25, 0.3) is 5.56 Å². The second-order valence-corrected chi connectivity index (χ2v) is 5.48. The molecule has 1 atom stereocenters. The van der Waals surface area contributed by atoms with Crippen LogP contribution >= 0.6 is 11.8 Å². The van der Waals surface area contributed by atoms with Crippen LogP contribution in [0.3, 0.4) is 0 Å². The van der Waals surface area contributed by atoms with Crippen LogP contribution in [0.4, 0.5) is 5.69 Å². The van der Waals surface area contributed by atoms with Crippen molar-refractivity contribution in [2.24, 2.45) is 5.92 Å². The molecule has 1 aromatic heterocycles. The number of H-pyrrole nitrogens is 1. The first-order valence-electron chi connectivity index (χ1n) is 6.02. The van der Waals surface area contributed by atoms with Crippen molar-refractivity contribution < 1.29 is 0 Å². The summed E-state index contributed by atoms with van der Waals surface area (Å²) in [6.07, 6.45) is 1.13. The highest BCUT2D eigenvalue weighted by molar-refractivity contribution is 7.99. The van der Waals surface area contributed by atoms with Crippen molar-refractivity contribution in [2.45, 2.75) is 25.4 Å². The third-order valence-electron chi connectivity index (χ3n) is 2.91. The minimum absolute atomic E-state index is 0.126. The number of hydrogen-bond acceptors (Lipinski definition) is 4. The minimum Gasteiger partial charge on any atom is -0.399 e. The highest BCUT2D eigenvalue weighted by Crippen LogP contribution is 2.19. The number of rotatable bonds is 4. The van der Waals surface area contributed by atoms with Gasteiger partial charge >= 0.3 is 0 Å². The quantitative estimate of drug-likeness (QED) is 0.505. The van der Waals surface area contributed by atoms with Gasteiger partial charge in [0.15, 0.2) is 5.16 Å². The Labute approximate surface area is 110 Å². The van der Waals surface area contributed by atoms with Crippen LogP contribution in [0.25, 0.3) is 10.9 Å². The van der Waals surface area contributed by atoms with Crippen LogP contribution in [-0.2, 0) is 0 Å². The first kappa shape index (κ1) is 13.0. The fraction of sp³-hybridized carbons (Fsp3) is 0.385. The summed E-state index contributed by atoms with van der Waals surface area (Å²) in [7, 11) is 0. The fourth-order valence-electron chi connectivity index (χ4n) is 1.54. The molecule has 0 aliphatic heterocycles. The second-order valence-electron chi connectivity index (χ2n) is 4.47. The molecule has 0 spiro atoms. The maximum absolute atomic E-state index is 11.9. The summed E-state index contributed by atoms with van der Waals surface area (Å²) in [6, 6.07) is 5.20. The zero-order valence-corrected chi connectivity index (χ0v) is 11.4. The summed E-state index contributed by atoms with van der Waals surface area (Å²) in [5, 5.41) is 1.22. The van der Waals surface area contributed by atoms with E-state index in [0.717, 1.165) is 12.2 Å². The summed E-state index contributed by atoms with van der Waals surface area (Å²) >= 11 is 1.59. The zero-order valence-electron chi connectivity index (χ0n) is 10.6. The predicted molar refractivity (Wildman–Crippen MR) is 77.0 cm³/mol. The van der Waals surface area contributed by atoms with Crippen molar-refractivity contribution in [1.29, 1.82) is 0 Å². The molecule has 4 nitrogen and oxygen atoms in total. The Morgan fingerprint density at radius 1 is 1.50 bits per heavy atom. The largest absolute Gasteiger partial charge is 0.399 e. The van der Waals surface area contributed by atoms with Crippen LogP contribution in [0.15, 0.2) is 28.2 Å². The summed E-state index contributed by atoms with van der Waals surface area (Å²) in [4.78, 5) is 19.1. The highest BCUT2D eigenvalue weighted by Gasteiger charge is 2.06. The van der Waals surface area contributed by atoms with Gasteiger partial charge in [0.05, 0.1) is 10.9 Å². The normalized spacial score (nSPS) is 12.8. The van der Waals surface area contributed by atoms with Crippen molar-refractivity contribution in [3.05, 3.63) is 28.6 Å². The maximum Gasteiger partial charge on any atom is 0.259 e. The smallest absolute Gasteiger partial charge is 0.259 e. The van der Waals surface area contributed by atoms with Crippen molar-refractivity contribution >= 4 is 28.4 Å². The van der Waals surface area contributed by atoms with Crippen LogP contribution in [0.1, 0.15) is 20.3 Å². The van der Waals surface area contributed by atoms with Crippen molar-refractivity contribution in [2.75, 3.05) is 11.5 Å². The molecule has 5 heteroatoms. The van der Waals surface area contributed by atoms with E-state index in [1.807, 2.05) is 0 Å². The Morgan fingerprint density at radius 2 is 2.28 bits per heavy atom. The molecule has 3 N–H and O–H groups in total. The lowest BCUT2D eigenvalue weighted by Crippen LogP contribution is -2.10. The molecular weight excluding hydrogens is 246 g/mol. The van der Waals surface area contributed by atoms with Crippen LogP contribution in [0.5, 0.6) is 0 Å². The third-order valence-corrected chi connectivity index (χ3v) is 4.11. The summed E-state index contributed by atoms with van der Waals surface area (Å²) in [6.45, 7) is 4.34. The van der Waals surface area contributed by atoms with Crippen LogP contribution in [0.2, 0.25) is 0 Å². The van der Waals surface area contributed by atoms with E-state index >= 15 is 0 Å². The summed E-state index contributed by atoms with van der Waals surface area (Å²) < 4.78 is 0. The molecule has 2 rings (SSSR count). The van der Waals surface area contributed by atoms with Crippen LogP contribution in [0, 0.1) is 5.92 Å². The van der Waals surface area contributed by atoms with Gasteiger partial charge in [-0.25, -0.2) is 4.98 Å². The molecule has 0 saturated heterocycles. The molecule has 96 valence electrons. The number of aromatic amines is 1. The number of nitrogens with one attached hydrogen (secondary N) is 1. The summed E-state index contributed by atoms with van der Waals surface area (Å²) in [5.41, 5.74) is 6.81. The molecule has 0 bridgehead atoms. The Hall–Kier alpha value is -1.49. The molecule has 0 fully saturated rings. The molecule has 0 radical (unpaired) electrons. The van der Waals surface area contributed by atoms with Crippen LogP contribution < -0.4 is 11.3 Å². The molecular formula is C13H17N3OS. The number of hydrogen-bond donors (Lipinski definition) is 2. The molecule has 0 aliphatic rings. The van der Waals surface area contributed by atoms with Crippen LogP contribution in [-0.4, -0.2) is 15.7 Å². The first-order valence-corrected chi connectivity index (χ1v) is 7.01. The van der Waals surface area contributed by atoms with E-state index in [1.165, 1.54) is 0 Å². The lowest BCUT2D eigenvalue weighted by Gasteiger charge is -2.07. The highest BCUT2D eigenvalue weighted by atomic mass is 32.2. The van der Waals surface area contributed by atoms with Gasteiger partial charge in [-0.3, -0.25) is 4.79 Å². The Kier molecular flexibility index (Phi) is 3.91. The maximum atomic E-state index is 11.9. The first-order chi connectivity index (χ1) is 8.60. The van der Waals surface area contributed by atoms with E-state index in [1.54, 1.807) is 30.0 Å². The zero-order chi connectivity index (χ0) is 13.1. The molecule has 1 heterocycles. The van der Waals surface area contributed by atoms with Gasteiger partial charge in [0, 0.05) is 11.4 Å². The SMILES string of the molecule is CCC(C)CSc1nc2ccc(N)cc2c(=O)[nH]1. The third kappa shape index (κ3) is 2.85. The van der Waals surface area contributed by atoms with E-state index < -0.39 is 0 Å².